The summed E-state index contributed by atoms with van der Waals surface area (Å²) in [4.78, 5) is 2.64. The van der Waals surface area contributed by atoms with Crippen LogP contribution in [0.3, 0.4) is 0 Å². The lowest BCUT2D eigenvalue weighted by Gasteiger charge is -2.46. The van der Waals surface area contributed by atoms with Gasteiger partial charge in [-0.2, -0.15) is 0 Å². The number of rotatable bonds is 3. The highest BCUT2D eigenvalue weighted by Gasteiger charge is 2.39. The standard InChI is InChI=1S/C18H34N2O/c1-17(2)8-14(9-18(3,4)13-17)19-10-16-11-20-7-5-6-15(20)12-21-16/h14-16,19H,5-13H2,1-4H3. The van der Waals surface area contributed by atoms with Gasteiger partial charge in [-0.1, -0.05) is 27.7 Å². The molecule has 1 aliphatic carbocycles. The topological polar surface area (TPSA) is 24.5 Å². The van der Waals surface area contributed by atoms with Crippen LogP contribution in [0.1, 0.15) is 59.8 Å². The molecule has 0 bridgehead atoms. The fraction of sp³-hybridized carbons (Fsp3) is 1.00. The molecule has 2 saturated heterocycles. The summed E-state index contributed by atoms with van der Waals surface area (Å²) in [6.07, 6.45) is 7.04. The Bertz CT molecular complexity index is 350. The Labute approximate surface area is 130 Å². The van der Waals surface area contributed by atoms with E-state index in [-0.39, 0.29) is 0 Å². The lowest BCUT2D eigenvalue weighted by atomic mass is 9.63. The first-order valence-corrected chi connectivity index (χ1v) is 8.92. The number of hydrogen-bond donors (Lipinski definition) is 1. The normalized spacial score (nSPS) is 36.6. The van der Waals surface area contributed by atoms with Crippen LogP contribution in [-0.4, -0.2) is 49.3 Å². The van der Waals surface area contributed by atoms with E-state index in [1.165, 1.54) is 38.6 Å². The fourth-order valence-corrected chi connectivity index (χ4v) is 5.30. The van der Waals surface area contributed by atoms with Gasteiger partial charge in [0.2, 0.25) is 0 Å². The number of fused-ring (bicyclic) bond motifs is 1. The van der Waals surface area contributed by atoms with Crippen molar-refractivity contribution in [2.24, 2.45) is 10.8 Å². The molecule has 2 aliphatic heterocycles. The predicted octanol–water partition coefficient (Wildman–Crippen LogP) is 3.04. The van der Waals surface area contributed by atoms with Crippen molar-refractivity contribution in [3.05, 3.63) is 0 Å². The van der Waals surface area contributed by atoms with Crippen molar-refractivity contribution in [2.45, 2.75) is 78.0 Å². The summed E-state index contributed by atoms with van der Waals surface area (Å²) in [5.41, 5.74) is 0.930. The summed E-state index contributed by atoms with van der Waals surface area (Å²) in [6.45, 7) is 14.1. The van der Waals surface area contributed by atoms with Gasteiger partial charge in [-0.3, -0.25) is 4.90 Å². The molecule has 2 heterocycles. The van der Waals surface area contributed by atoms with Gasteiger partial charge in [0.15, 0.2) is 0 Å². The molecule has 0 aromatic heterocycles. The molecule has 21 heavy (non-hydrogen) atoms. The average molecular weight is 294 g/mol. The van der Waals surface area contributed by atoms with Gasteiger partial charge >= 0.3 is 0 Å². The Hall–Kier alpha value is -0.120. The highest BCUT2D eigenvalue weighted by atomic mass is 16.5. The van der Waals surface area contributed by atoms with E-state index in [0.29, 0.717) is 29.0 Å². The molecule has 2 atom stereocenters. The zero-order valence-corrected chi connectivity index (χ0v) is 14.5. The lowest BCUT2D eigenvalue weighted by Crippen LogP contribution is -2.52. The van der Waals surface area contributed by atoms with Crippen molar-refractivity contribution >= 4 is 0 Å². The summed E-state index contributed by atoms with van der Waals surface area (Å²) in [5, 5.41) is 3.83. The van der Waals surface area contributed by atoms with Crippen LogP contribution in [0.25, 0.3) is 0 Å². The monoisotopic (exact) mass is 294 g/mol. The van der Waals surface area contributed by atoms with Gasteiger partial charge in [0.25, 0.3) is 0 Å². The van der Waals surface area contributed by atoms with Crippen molar-refractivity contribution in [1.82, 2.24) is 10.2 Å². The Morgan fingerprint density at radius 1 is 1.14 bits per heavy atom. The Morgan fingerprint density at radius 3 is 2.57 bits per heavy atom. The highest BCUT2D eigenvalue weighted by Crippen LogP contribution is 2.45. The molecule has 122 valence electrons. The van der Waals surface area contributed by atoms with Crippen molar-refractivity contribution in [2.75, 3.05) is 26.2 Å². The largest absolute Gasteiger partial charge is 0.374 e. The predicted molar refractivity (Wildman–Crippen MR) is 87.5 cm³/mol. The maximum Gasteiger partial charge on any atom is 0.0827 e. The maximum absolute atomic E-state index is 6.08. The van der Waals surface area contributed by atoms with Crippen LogP contribution in [0.4, 0.5) is 0 Å². The van der Waals surface area contributed by atoms with Gasteiger partial charge < -0.3 is 10.1 Å². The van der Waals surface area contributed by atoms with Crippen molar-refractivity contribution in [1.29, 1.82) is 0 Å². The van der Waals surface area contributed by atoms with Crippen LogP contribution in [0.5, 0.6) is 0 Å². The van der Waals surface area contributed by atoms with E-state index in [4.69, 9.17) is 4.74 Å². The third-order valence-electron chi connectivity index (χ3n) is 5.65. The van der Waals surface area contributed by atoms with E-state index in [9.17, 15) is 0 Å². The number of nitrogens with one attached hydrogen (secondary N) is 1. The molecule has 0 amide bonds. The Balaban J connectivity index is 1.48. The molecule has 3 aliphatic rings. The van der Waals surface area contributed by atoms with Crippen LogP contribution >= 0.6 is 0 Å². The summed E-state index contributed by atoms with van der Waals surface area (Å²) >= 11 is 0. The number of morpholine rings is 1. The minimum atomic E-state index is 0.396. The average Bonchev–Trinajstić information content (AvgIpc) is 2.79. The minimum absolute atomic E-state index is 0.396. The van der Waals surface area contributed by atoms with E-state index in [1.54, 1.807) is 0 Å². The summed E-state index contributed by atoms with van der Waals surface area (Å²) < 4.78 is 6.08. The van der Waals surface area contributed by atoms with Gasteiger partial charge in [-0.05, 0) is 49.5 Å². The van der Waals surface area contributed by atoms with Crippen LogP contribution in [0, 0.1) is 10.8 Å². The minimum Gasteiger partial charge on any atom is -0.374 e. The van der Waals surface area contributed by atoms with Crippen molar-refractivity contribution in [3.63, 3.8) is 0 Å². The fourth-order valence-electron chi connectivity index (χ4n) is 5.30. The second kappa shape index (κ2) is 5.82. The van der Waals surface area contributed by atoms with Gasteiger partial charge in [0, 0.05) is 25.2 Å². The van der Waals surface area contributed by atoms with Crippen LogP contribution < -0.4 is 5.32 Å². The van der Waals surface area contributed by atoms with Gasteiger partial charge in [-0.15, -0.1) is 0 Å². The summed E-state index contributed by atoms with van der Waals surface area (Å²) in [5.74, 6) is 0. The molecule has 3 nitrogen and oxygen atoms in total. The molecule has 0 aromatic rings. The second-order valence-corrected chi connectivity index (χ2v) is 9.26. The molecular formula is C18H34N2O. The van der Waals surface area contributed by atoms with E-state index in [0.717, 1.165) is 19.7 Å². The first-order chi connectivity index (χ1) is 9.83. The molecule has 3 heteroatoms. The molecule has 1 N–H and O–H groups in total. The Kier molecular flexibility index (Phi) is 4.37. The van der Waals surface area contributed by atoms with Gasteiger partial charge in [0.05, 0.1) is 12.7 Å². The van der Waals surface area contributed by atoms with Crippen LogP contribution in [0.15, 0.2) is 0 Å². The summed E-state index contributed by atoms with van der Waals surface area (Å²) in [6, 6.07) is 1.37. The smallest absolute Gasteiger partial charge is 0.0827 e. The quantitative estimate of drug-likeness (QED) is 0.866. The maximum atomic E-state index is 6.08. The number of nitrogens with zero attached hydrogens (tertiary/aromatic N) is 1. The summed E-state index contributed by atoms with van der Waals surface area (Å²) in [7, 11) is 0. The Morgan fingerprint density at radius 2 is 1.86 bits per heavy atom. The molecule has 0 radical (unpaired) electrons. The zero-order valence-electron chi connectivity index (χ0n) is 14.5. The van der Waals surface area contributed by atoms with Gasteiger partial charge in [-0.25, -0.2) is 0 Å². The van der Waals surface area contributed by atoms with Crippen molar-refractivity contribution < 1.29 is 4.74 Å². The zero-order chi connectivity index (χ0) is 15.1. The molecule has 1 saturated carbocycles. The first-order valence-electron chi connectivity index (χ1n) is 8.92. The molecule has 2 unspecified atom stereocenters. The van der Waals surface area contributed by atoms with Crippen LogP contribution in [0.2, 0.25) is 0 Å². The highest BCUT2D eigenvalue weighted by molar-refractivity contribution is 4.93. The third kappa shape index (κ3) is 4.00. The molecule has 3 rings (SSSR count). The van der Waals surface area contributed by atoms with E-state index in [2.05, 4.69) is 37.9 Å². The first kappa shape index (κ1) is 15.8. The molecule has 3 fully saturated rings. The second-order valence-electron chi connectivity index (χ2n) is 9.26. The van der Waals surface area contributed by atoms with E-state index >= 15 is 0 Å². The van der Waals surface area contributed by atoms with E-state index < -0.39 is 0 Å². The molecule has 0 aromatic carbocycles. The number of hydrogen-bond acceptors (Lipinski definition) is 3. The van der Waals surface area contributed by atoms with Gasteiger partial charge in [0.1, 0.15) is 0 Å². The van der Waals surface area contributed by atoms with Crippen molar-refractivity contribution in [3.8, 4) is 0 Å². The third-order valence-corrected chi connectivity index (χ3v) is 5.65. The lowest BCUT2D eigenvalue weighted by molar-refractivity contribution is -0.0499. The number of ether oxygens (including phenoxy) is 1. The van der Waals surface area contributed by atoms with Crippen LogP contribution in [-0.2, 0) is 4.74 Å². The molecular weight excluding hydrogens is 260 g/mol. The molecule has 0 spiro atoms. The van der Waals surface area contributed by atoms with E-state index in [1.807, 2.05) is 0 Å². The SMILES string of the molecule is CC1(C)CC(NCC2CN3CCCC3CO2)CC(C)(C)C1.